The van der Waals surface area contributed by atoms with Gasteiger partial charge in [-0.1, -0.05) is 259 Å². The van der Waals surface area contributed by atoms with Crippen LogP contribution in [0.2, 0.25) is 0 Å². The van der Waals surface area contributed by atoms with Gasteiger partial charge in [-0.05, 0) is 90.6 Å². The molecule has 2 amide bonds. The molecule has 3 nitrogen and oxygen atoms in total. The molecule has 6 rings (SSSR count). The van der Waals surface area contributed by atoms with Crippen molar-refractivity contribution in [1.29, 1.82) is 0 Å². The summed E-state index contributed by atoms with van der Waals surface area (Å²) in [4.78, 5) is 39.8. The van der Waals surface area contributed by atoms with Crippen LogP contribution in [0, 0.1) is 5.92 Å². The van der Waals surface area contributed by atoms with Crippen molar-refractivity contribution in [3.63, 3.8) is 0 Å². The number of rotatable bonds is 47. The maximum absolute atomic E-state index is 15.5. The van der Waals surface area contributed by atoms with Gasteiger partial charge in [0.1, 0.15) is 0 Å². The van der Waals surface area contributed by atoms with Gasteiger partial charge >= 0.3 is 0 Å². The molecule has 76 heavy (non-hydrogen) atoms. The molecule has 0 bridgehead atoms. The summed E-state index contributed by atoms with van der Waals surface area (Å²) in [5, 5.41) is 4.46. The van der Waals surface area contributed by atoms with E-state index in [4.69, 9.17) is 0 Å². The molecule has 424 valence electrons. The quantitative estimate of drug-likeness (QED) is 0.0288. The number of hydrogen-bond acceptors (Lipinski definition) is 7. The van der Waals surface area contributed by atoms with Crippen LogP contribution in [0.3, 0.4) is 0 Å². The van der Waals surface area contributed by atoms with Crippen LogP contribution in [0.1, 0.15) is 316 Å². The van der Waals surface area contributed by atoms with Gasteiger partial charge in [0.05, 0.1) is 20.9 Å². The van der Waals surface area contributed by atoms with E-state index in [-0.39, 0.29) is 11.8 Å². The highest BCUT2D eigenvalue weighted by Crippen LogP contribution is 2.53. The zero-order valence-corrected chi connectivity index (χ0v) is 52.8. The molecule has 1 unspecified atom stereocenters. The highest BCUT2D eigenvalue weighted by atomic mass is 32.1. The first-order valence-corrected chi connectivity index (χ1v) is 36.4. The van der Waals surface area contributed by atoms with Gasteiger partial charge in [0, 0.05) is 35.5 Å². The van der Waals surface area contributed by atoms with Gasteiger partial charge in [0.25, 0.3) is 11.8 Å². The molecule has 6 heterocycles. The summed E-state index contributed by atoms with van der Waals surface area (Å²) in [6, 6.07) is 9.45. The van der Waals surface area contributed by atoms with Crippen molar-refractivity contribution in [1.82, 2.24) is 4.90 Å². The fraction of sp³-hybridized carbons (Fsp3) is 0.706. The average molecular weight is 1130 g/mol. The van der Waals surface area contributed by atoms with Crippen LogP contribution in [0.5, 0.6) is 0 Å². The van der Waals surface area contributed by atoms with E-state index in [1.165, 1.54) is 278 Å². The molecule has 0 spiro atoms. The van der Waals surface area contributed by atoms with Crippen molar-refractivity contribution in [2.24, 2.45) is 5.92 Å². The highest BCUT2D eigenvalue weighted by Gasteiger charge is 2.44. The van der Waals surface area contributed by atoms with Crippen LogP contribution in [0.15, 0.2) is 35.0 Å². The molecule has 0 aromatic carbocycles. The number of amides is 2. The summed E-state index contributed by atoms with van der Waals surface area (Å²) in [5.74, 6) is 0.306. The number of carbonyl (C=O) groups is 2. The normalized spacial score (nSPS) is 13.1. The molecule has 0 N–H and O–H groups in total. The van der Waals surface area contributed by atoms with E-state index in [0.29, 0.717) is 12.5 Å². The summed E-state index contributed by atoms with van der Waals surface area (Å²) < 4.78 is 2.71. The predicted molar refractivity (Wildman–Crippen MR) is 343 cm³/mol. The average Bonchev–Trinajstić information content (AvgIpc) is 4.30. The first-order chi connectivity index (χ1) is 37.5. The van der Waals surface area contributed by atoms with Gasteiger partial charge in [-0.3, -0.25) is 14.5 Å². The van der Waals surface area contributed by atoms with Gasteiger partial charge < -0.3 is 0 Å². The molecule has 0 aliphatic carbocycles. The predicted octanol–water partition coefficient (Wildman–Crippen LogP) is 25.1. The number of hydrogen-bond donors (Lipinski definition) is 0. The largest absolute Gasteiger partial charge is 0.274 e. The lowest BCUT2D eigenvalue weighted by molar-refractivity contribution is 0.0622. The van der Waals surface area contributed by atoms with E-state index in [2.05, 4.69) is 62.7 Å². The Balaban J connectivity index is 1.24. The summed E-state index contributed by atoms with van der Waals surface area (Å²) in [6.07, 6.45) is 54.5. The first-order valence-electron chi connectivity index (χ1n) is 32.2. The number of thiophene rings is 5. The molecule has 0 fully saturated rings. The lowest BCUT2D eigenvalue weighted by atomic mass is 9.93. The molecular weight excluding hydrogens is 1020 g/mol. The van der Waals surface area contributed by atoms with E-state index in [0.717, 1.165) is 53.0 Å². The van der Waals surface area contributed by atoms with E-state index < -0.39 is 0 Å². The summed E-state index contributed by atoms with van der Waals surface area (Å²) in [5.41, 5.74) is 4.18. The molecule has 1 aliphatic rings. The first kappa shape index (κ1) is 63.1. The van der Waals surface area contributed by atoms with Crippen LogP contribution < -0.4 is 0 Å². The fourth-order valence-corrected chi connectivity index (χ4v) is 17.9. The topological polar surface area (TPSA) is 37.4 Å². The second-order valence-corrected chi connectivity index (χ2v) is 28.2. The third-order valence-electron chi connectivity index (χ3n) is 16.6. The number of unbranched alkanes of at least 4 members (excludes halogenated alkanes) is 34. The third-order valence-corrected chi connectivity index (χ3v) is 22.6. The molecule has 1 atom stereocenters. The minimum absolute atomic E-state index is 0.0219. The van der Waals surface area contributed by atoms with Crippen molar-refractivity contribution in [2.45, 2.75) is 297 Å². The number of carbonyl (C=O) groups excluding carboxylic acids is 2. The lowest BCUT2D eigenvalue weighted by Crippen LogP contribution is -2.35. The van der Waals surface area contributed by atoms with Crippen molar-refractivity contribution >= 4 is 77.9 Å². The molecular formula is C68H105NO2S5. The summed E-state index contributed by atoms with van der Waals surface area (Å²) in [7, 11) is 0. The van der Waals surface area contributed by atoms with Gasteiger partial charge in [-0.25, -0.2) is 0 Å². The zero-order chi connectivity index (χ0) is 53.4. The Bertz CT molecular complexity index is 2290. The maximum Gasteiger partial charge on any atom is 0.263 e. The van der Waals surface area contributed by atoms with E-state index in [1.807, 2.05) is 34.0 Å². The Morgan fingerprint density at radius 1 is 0.368 bits per heavy atom. The van der Waals surface area contributed by atoms with Crippen molar-refractivity contribution in [2.75, 3.05) is 6.54 Å². The van der Waals surface area contributed by atoms with Crippen LogP contribution >= 0.6 is 56.7 Å². The van der Waals surface area contributed by atoms with Gasteiger partial charge in [-0.2, -0.15) is 0 Å². The SMILES string of the molecule is CCCCCCCCCCCCc1ccsc1-c1sc(-c2sc(-c3cc4sccc4s3)cc2CCCCCCCCCCCC)c2c1C(=O)N(CC(CCCCCCCCCC)CCCCCCCCCCCC)C2=O. The minimum Gasteiger partial charge on any atom is -0.274 e. The van der Waals surface area contributed by atoms with Crippen molar-refractivity contribution < 1.29 is 9.59 Å². The van der Waals surface area contributed by atoms with E-state index in [9.17, 15) is 0 Å². The van der Waals surface area contributed by atoms with Crippen LogP contribution in [0.4, 0.5) is 0 Å². The fourth-order valence-electron chi connectivity index (χ4n) is 11.9. The molecule has 0 saturated heterocycles. The minimum atomic E-state index is -0.0224. The molecule has 0 saturated carbocycles. The Labute approximate surface area is 485 Å². The second-order valence-electron chi connectivity index (χ2n) is 23.2. The van der Waals surface area contributed by atoms with E-state index >= 15 is 9.59 Å². The van der Waals surface area contributed by atoms with Crippen LogP contribution in [-0.2, 0) is 12.8 Å². The van der Waals surface area contributed by atoms with Gasteiger partial charge in [-0.15, -0.1) is 56.7 Å². The number of aryl methyl sites for hydroxylation is 2. The second kappa shape index (κ2) is 37.8. The van der Waals surface area contributed by atoms with Crippen LogP contribution in [-0.4, -0.2) is 23.3 Å². The smallest absolute Gasteiger partial charge is 0.263 e. The van der Waals surface area contributed by atoms with Gasteiger partial charge in [0.15, 0.2) is 0 Å². The molecule has 5 aromatic rings. The van der Waals surface area contributed by atoms with E-state index in [1.54, 1.807) is 27.6 Å². The highest BCUT2D eigenvalue weighted by molar-refractivity contribution is 7.32. The summed E-state index contributed by atoms with van der Waals surface area (Å²) >= 11 is 9.18. The Morgan fingerprint density at radius 3 is 1.22 bits per heavy atom. The Hall–Kier alpha value is -2.10. The zero-order valence-electron chi connectivity index (χ0n) is 48.8. The standard InChI is InChI=1S/C68H105NO2S5/c1-5-9-13-17-21-25-28-32-36-40-44-54(43-39-35-31-24-20-16-12-8-4)53-69-67(70)61-62(68(69)71)66(76-65(61)63-55(47-49-73-63)45-41-37-33-29-26-22-18-14-10-6-2)64-56(46-42-38-34-30-27-23-19-15-11-7-3)51-59(75-64)60-52-58-57(74-60)48-50-72-58/h47-52,54H,5-46,53H2,1-4H3. The molecule has 5 aromatic heterocycles. The monoisotopic (exact) mass is 1130 g/mol. The van der Waals surface area contributed by atoms with Crippen molar-refractivity contribution in [3.05, 3.63) is 57.3 Å². The maximum atomic E-state index is 15.5. The summed E-state index contributed by atoms with van der Waals surface area (Å²) in [6.45, 7) is 9.76. The number of fused-ring (bicyclic) bond motifs is 2. The Morgan fingerprint density at radius 2 is 0.763 bits per heavy atom. The van der Waals surface area contributed by atoms with Crippen LogP contribution in [0.25, 0.3) is 38.7 Å². The molecule has 1 aliphatic heterocycles. The van der Waals surface area contributed by atoms with Gasteiger partial charge in [0.2, 0.25) is 0 Å². The Kier molecular flexibility index (Phi) is 31.3. The van der Waals surface area contributed by atoms with Crippen molar-refractivity contribution in [3.8, 4) is 29.3 Å². The number of nitrogens with zero attached hydrogens (tertiary/aromatic N) is 1. The number of imide groups is 1. The lowest BCUT2D eigenvalue weighted by Gasteiger charge is -2.23. The molecule has 8 heteroatoms. The third kappa shape index (κ3) is 20.8. The molecule has 0 radical (unpaired) electrons.